The van der Waals surface area contributed by atoms with Crippen LogP contribution in [0.4, 0.5) is 0 Å². The van der Waals surface area contributed by atoms with E-state index in [2.05, 4.69) is 37.4 Å². The van der Waals surface area contributed by atoms with Gasteiger partial charge in [0.2, 0.25) is 0 Å². The fraction of sp³-hybridized carbons (Fsp3) is 0.533. The molecule has 0 heterocycles. The molecule has 0 unspecified atom stereocenters. The molecular formula is C15H22N2O. The highest BCUT2D eigenvalue weighted by atomic mass is 16.5. The van der Waals surface area contributed by atoms with Crippen molar-refractivity contribution >= 4 is 0 Å². The van der Waals surface area contributed by atoms with Gasteiger partial charge in [0.05, 0.1) is 18.6 Å². The van der Waals surface area contributed by atoms with Crippen LogP contribution in [0.1, 0.15) is 30.5 Å². The molecule has 0 atom stereocenters. The molecule has 1 N–H and O–H groups in total. The first-order valence-corrected chi connectivity index (χ1v) is 6.15. The summed E-state index contributed by atoms with van der Waals surface area (Å²) in [5.74, 6) is 0.955. The summed E-state index contributed by atoms with van der Waals surface area (Å²) in [6, 6.07) is 6.53. The van der Waals surface area contributed by atoms with Crippen LogP contribution in [0.5, 0.6) is 5.75 Å². The molecule has 0 aromatic heterocycles. The number of nitriles is 1. The van der Waals surface area contributed by atoms with E-state index >= 15 is 0 Å². The highest BCUT2D eigenvalue weighted by Gasteiger charge is 2.15. The molecule has 0 aliphatic rings. The summed E-state index contributed by atoms with van der Waals surface area (Å²) in [6.07, 6.45) is 0. The number of nitrogens with one attached hydrogen (secondary N) is 1. The highest BCUT2D eigenvalue weighted by Crippen LogP contribution is 2.24. The number of hydrogen-bond donors (Lipinski definition) is 1. The Bertz CT molecular complexity index is 435. The minimum atomic E-state index is -0.323. The first kappa shape index (κ1) is 14.5. The van der Waals surface area contributed by atoms with E-state index < -0.39 is 0 Å². The smallest absolute Gasteiger partial charge is 0.124 e. The molecule has 1 aromatic carbocycles. The van der Waals surface area contributed by atoms with Crippen LogP contribution in [0.3, 0.4) is 0 Å². The Morgan fingerprint density at radius 1 is 1.28 bits per heavy atom. The van der Waals surface area contributed by atoms with Crippen LogP contribution in [0.2, 0.25) is 0 Å². The van der Waals surface area contributed by atoms with E-state index in [1.54, 1.807) is 7.11 Å². The van der Waals surface area contributed by atoms with E-state index in [9.17, 15) is 0 Å². The Labute approximate surface area is 110 Å². The molecule has 1 rings (SSSR count). The zero-order valence-electron chi connectivity index (χ0n) is 11.9. The molecule has 0 fully saturated rings. The largest absolute Gasteiger partial charge is 0.496 e. The predicted octanol–water partition coefficient (Wildman–Crippen LogP) is 2.95. The zero-order valence-corrected chi connectivity index (χ0v) is 11.9. The van der Waals surface area contributed by atoms with Crippen molar-refractivity contribution < 1.29 is 4.74 Å². The third kappa shape index (κ3) is 3.75. The highest BCUT2D eigenvalue weighted by molar-refractivity contribution is 5.43. The van der Waals surface area contributed by atoms with Gasteiger partial charge in [-0.3, -0.25) is 0 Å². The summed E-state index contributed by atoms with van der Waals surface area (Å²) in [5, 5.41) is 12.3. The van der Waals surface area contributed by atoms with Crippen molar-refractivity contribution in [2.24, 2.45) is 5.41 Å². The normalized spacial score (nSPS) is 11.1. The third-order valence-electron chi connectivity index (χ3n) is 2.92. The van der Waals surface area contributed by atoms with E-state index in [1.165, 1.54) is 5.56 Å². The minimum Gasteiger partial charge on any atom is -0.496 e. The van der Waals surface area contributed by atoms with Gasteiger partial charge in [-0.1, -0.05) is 12.1 Å². The molecule has 0 radical (unpaired) electrons. The molecule has 0 aliphatic heterocycles. The second kappa shape index (κ2) is 5.88. The molecule has 0 spiro atoms. The summed E-state index contributed by atoms with van der Waals surface area (Å²) < 4.78 is 5.34. The Balaban J connectivity index is 2.68. The topological polar surface area (TPSA) is 45.0 Å². The maximum Gasteiger partial charge on any atom is 0.124 e. The van der Waals surface area contributed by atoms with Gasteiger partial charge in [0.25, 0.3) is 0 Å². The van der Waals surface area contributed by atoms with Gasteiger partial charge >= 0.3 is 0 Å². The molecule has 98 valence electrons. The number of benzene rings is 1. The molecule has 0 bridgehead atoms. The molecular weight excluding hydrogens is 224 g/mol. The van der Waals surface area contributed by atoms with Gasteiger partial charge in [-0.05, 0) is 44.4 Å². The third-order valence-corrected chi connectivity index (χ3v) is 2.92. The summed E-state index contributed by atoms with van der Waals surface area (Å²) in [6.45, 7) is 9.43. The maximum absolute atomic E-state index is 8.94. The van der Waals surface area contributed by atoms with Gasteiger partial charge in [-0.25, -0.2) is 0 Å². The van der Waals surface area contributed by atoms with Crippen LogP contribution in [-0.4, -0.2) is 13.7 Å². The molecule has 0 amide bonds. The second-order valence-corrected chi connectivity index (χ2v) is 5.36. The van der Waals surface area contributed by atoms with Gasteiger partial charge in [0.1, 0.15) is 5.75 Å². The van der Waals surface area contributed by atoms with Crippen LogP contribution in [0, 0.1) is 30.6 Å². The van der Waals surface area contributed by atoms with Crippen molar-refractivity contribution in [3.05, 3.63) is 28.8 Å². The summed E-state index contributed by atoms with van der Waals surface area (Å²) in [7, 11) is 1.70. The minimum absolute atomic E-state index is 0.323. The number of aryl methyl sites for hydroxylation is 2. The summed E-state index contributed by atoms with van der Waals surface area (Å²) >= 11 is 0. The monoisotopic (exact) mass is 246 g/mol. The molecule has 0 saturated carbocycles. The van der Waals surface area contributed by atoms with Crippen LogP contribution in [-0.2, 0) is 6.54 Å². The second-order valence-electron chi connectivity index (χ2n) is 5.36. The van der Waals surface area contributed by atoms with Gasteiger partial charge in [0.15, 0.2) is 0 Å². The molecule has 0 saturated heterocycles. The standard InChI is InChI=1S/C15H22N2O/c1-11-6-13(7-12(2)14(11)18-5)8-17-10-15(3,4)9-16/h6-7,17H,8,10H2,1-5H3. The maximum atomic E-state index is 8.94. The Morgan fingerprint density at radius 2 is 1.83 bits per heavy atom. The van der Waals surface area contributed by atoms with Crippen molar-refractivity contribution in [1.29, 1.82) is 5.26 Å². The van der Waals surface area contributed by atoms with E-state index in [-0.39, 0.29) is 5.41 Å². The Hall–Kier alpha value is -1.53. The van der Waals surface area contributed by atoms with E-state index in [0.29, 0.717) is 6.54 Å². The van der Waals surface area contributed by atoms with Crippen molar-refractivity contribution in [2.45, 2.75) is 34.2 Å². The average molecular weight is 246 g/mol. The molecule has 3 nitrogen and oxygen atoms in total. The van der Waals surface area contributed by atoms with Crippen LogP contribution < -0.4 is 10.1 Å². The molecule has 0 aliphatic carbocycles. The van der Waals surface area contributed by atoms with Gasteiger partial charge in [-0.15, -0.1) is 0 Å². The lowest BCUT2D eigenvalue weighted by Crippen LogP contribution is -2.27. The lowest BCUT2D eigenvalue weighted by atomic mass is 9.96. The van der Waals surface area contributed by atoms with Crippen LogP contribution in [0.25, 0.3) is 0 Å². The number of rotatable bonds is 5. The van der Waals surface area contributed by atoms with E-state index in [4.69, 9.17) is 10.00 Å². The number of nitrogens with zero attached hydrogens (tertiary/aromatic N) is 1. The van der Waals surface area contributed by atoms with Crippen molar-refractivity contribution in [2.75, 3.05) is 13.7 Å². The fourth-order valence-corrected chi connectivity index (χ4v) is 2.02. The molecule has 3 heteroatoms. The van der Waals surface area contributed by atoms with Crippen LogP contribution >= 0.6 is 0 Å². The first-order valence-electron chi connectivity index (χ1n) is 6.15. The van der Waals surface area contributed by atoms with Crippen molar-refractivity contribution in [3.8, 4) is 11.8 Å². The van der Waals surface area contributed by atoms with Crippen molar-refractivity contribution in [1.82, 2.24) is 5.32 Å². The number of ether oxygens (including phenoxy) is 1. The van der Waals surface area contributed by atoms with Gasteiger partial charge < -0.3 is 10.1 Å². The van der Waals surface area contributed by atoms with E-state index in [1.807, 2.05) is 13.8 Å². The number of methoxy groups -OCH3 is 1. The van der Waals surface area contributed by atoms with Gasteiger partial charge in [-0.2, -0.15) is 5.26 Å². The fourth-order valence-electron chi connectivity index (χ4n) is 2.02. The molecule has 18 heavy (non-hydrogen) atoms. The number of hydrogen-bond acceptors (Lipinski definition) is 3. The lowest BCUT2D eigenvalue weighted by molar-refractivity contribution is 0.408. The Kier molecular flexibility index (Phi) is 4.75. The van der Waals surface area contributed by atoms with Crippen LogP contribution in [0.15, 0.2) is 12.1 Å². The van der Waals surface area contributed by atoms with Crippen molar-refractivity contribution in [3.63, 3.8) is 0 Å². The Morgan fingerprint density at radius 3 is 2.28 bits per heavy atom. The zero-order chi connectivity index (χ0) is 13.8. The lowest BCUT2D eigenvalue weighted by Gasteiger charge is -2.17. The van der Waals surface area contributed by atoms with E-state index in [0.717, 1.165) is 23.4 Å². The first-order chi connectivity index (χ1) is 8.39. The average Bonchev–Trinajstić information content (AvgIpc) is 2.28. The quantitative estimate of drug-likeness (QED) is 0.868. The molecule has 1 aromatic rings. The summed E-state index contributed by atoms with van der Waals surface area (Å²) in [4.78, 5) is 0. The SMILES string of the molecule is COc1c(C)cc(CNCC(C)(C)C#N)cc1C. The van der Waals surface area contributed by atoms with Gasteiger partial charge in [0, 0.05) is 13.1 Å². The summed E-state index contributed by atoms with van der Waals surface area (Å²) in [5.41, 5.74) is 3.19. The predicted molar refractivity (Wildman–Crippen MR) is 73.6 cm³/mol.